The Bertz CT molecular complexity index is 637. The zero-order valence-corrected chi connectivity index (χ0v) is 13.9. The molecule has 1 fully saturated rings. The van der Waals surface area contributed by atoms with E-state index in [-0.39, 0.29) is 21.9 Å². The van der Waals surface area contributed by atoms with Crippen LogP contribution in [0.1, 0.15) is 37.3 Å². The molecule has 1 aliphatic heterocycles. The first-order valence-electron chi connectivity index (χ1n) is 6.80. The first-order valence-corrected chi connectivity index (χ1v) is 9.29. The van der Waals surface area contributed by atoms with Gasteiger partial charge in [-0.25, -0.2) is 13.2 Å². The number of carboxylic acids is 1. The molecule has 8 heteroatoms. The molecule has 1 aliphatic rings. The Hall–Kier alpha value is -0.990. The van der Waals surface area contributed by atoms with E-state index in [1.54, 1.807) is 11.8 Å². The summed E-state index contributed by atoms with van der Waals surface area (Å²) >= 11 is 1.75. The lowest BCUT2D eigenvalue weighted by atomic mass is 10.3. The van der Waals surface area contributed by atoms with Gasteiger partial charge in [-0.2, -0.15) is 16.1 Å². The molecular weight excluding hydrogens is 312 g/mol. The molecule has 0 spiro atoms. The second-order valence-corrected chi connectivity index (χ2v) is 8.90. The van der Waals surface area contributed by atoms with Gasteiger partial charge in [0, 0.05) is 36.3 Å². The van der Waals surface area contributed by atoms with Crippen LogP contribution in [0.3, 0.4) is 0 Å². The minimum absolute atomic E-state index is 0.00279. The average Bonchev–Trinajstić information content (AvgIpc) is 2.84. The molecule has 0 aliphatic carbocycles. The lowest BCUT2D eigenvalue weighted by Crippen LogP contribution is -2.40. The Morgan fingerprint density at radius 1 is 1.48 bits per heavy atom. The molecule has 0 saturated carbocycles. The van der Waals surface area contributed by atoms with Gasteiger partial charge in [-0.3, -0.25) is 0 Å². The maximum absolute atomic E-state index is 12.7. The van der Waals surface area contributed by atoms with Crippen molar-refractivity contribution in [1.82, 2.24) is 8.87 Å². The molecule has 6 nitrogen and oxygen atoms in total. The summed E-state index contributed by atoms with van der Waals surface area (Å²) in [6.45, 7) is 6.56. The van der Waals surface area contributed by atoms with E-state index >= 15 is 0 Å². The van der Waals surface area contributed by atoms with Gasteiger partial charge in [-0.15, -0.1) is 0 Å². The number of aromatic nitrogens is 1. The van der Waals surface area contributed by atoms with Crippen molar-refractivity contribution in [3.05, 3.63) is 18.0 Å². The van der Waals surface area contributed by atoms with E-state index in [0.717, 1.165) is 5.75 Å². The molecule has 1 saturated heterocycles. The fraction of sp³-hybridized carbons (Fsp3) is 0.615. The molecule has 118 valence electrons. The van der Waals surface area contributed by atoms with Gasteiger partial charge in [0.25, 0.3) is 0 Å². The number of carbonyl (C=O) groups is 1. The standard InChI is InChI=1S/C13H20N2O4S2/c1-9(2)15-8-11(6-12(15)13(16)17)21(18,19)14-4-5-20-10(3)7-14/h6,8-10H,4-5,7H2,1-3H3,(H,16,17). The first-order chi connectivity index (χ1) is 9.73. The fourth-order valence-corrected chi connectivity index (χ4v) is 5.13. The summed E-state index contributed by atoms with van der Waals surface area (Å²) in [4.78, 5) is 11.3. The number of thioether (sulfide) groups is 1. The number of nitrogens with zero attached hydrogens (tertiary/aromatic N) is 2. The second kappa shape index (κ2) is 6.02. The van der Waals surface area contributed by atoms with Gasteiger partial charge in [0.05, 0.1) is 0 Å². The molecule has 2 heterocycles. The van der Waals surface area contributed by atoms with Crippen molar-refractivity contribution in [3.63, 3.8) is 0 Å². The third-order valence-electron chi connectivity index (χ3n) is 3.44. The predicted molar refractivity (Wildman–Crippen MR) is 82.5 cm³/mol. The van der Waals surface area contributed by atoms with Crippen LogP contribution in [0.5, 0.6) is 0 Å². The van der Waals surface area contributed by atoms with Crippen LogP contribution >= 0.6 is 11.8 Å². The van der Waals surface area contributed by atoms with E-state index in [1.807, 2.05) is 20.8 Å². The highest BCUT2D eigenvalue weighted by molar-refractivity contribution is 8.00. The topological polar surface area (TPSA) is 79.6 Å². The maximum atomic E-state index is 12.7. The molecule has 1 N–H and O–H groups in total. The van der Waals surface area contributed by atoms with Gasteiger partial charge in [0.2, 0.25) is 10.0 Å². The van der Waals surface area contributed by atoms with Crippen LogP contribution in [0, 0.1) is 0 Å². The Labute approximate surface area is 129 Å². The van der Waals surface area contributed by atoms with E-state index in [0.29, 0.717) is 13.1 Å². The fourth-order valence-electron chi connectivity index (χ4n) is 2.35. The molecule has 1 aromatic rings. The van der Waals surface area contributed by atoms with Gasteiger partial charge >= 0.3 is 5.97 Å². The minimum Gasteiger partial charge on any atom is -0.477 e. The molecule has 1 atom stereocenters. The molecule has 21 heavy (non-hydrogen) atoms. The van der Waals surface area contributed by atoms with Crippen LogP contribution in [0.4, 0.5) is 0 Å². The zero-order chi connectivity index (χ0) is 15.8. The highest BCUT2D eigenvalue weighted by Gasteiger charge is 2.31. The monoisotopic (exact) mass is 332 g/mol. The van der Waals surface area contributed by atoms with Crippen LogP contribution in [0.25, 0.3) is 0 Å². The van der Waals surface area contributed by atoms with Crippen molar-refractivity contribution >= 4 is 27.8 Å². The highest BCUT2D eigenvalue weighted by Crippen LogP contribution is 2.26. The third kappa shape index (κ3) is 3.27. The quantitative estimate of drug-likeness (QED) is 0.911. The Morgan fingerprint density at radius 3 is 2.62 bits per heavy atom. The maximum Gasteiger partial charge on any atom is 0.352 e. The Balaban J connectivity index is 2.40. The van der Waals surface area contributed by atoms with Crippen molar-refractivity contribution in [2.75, 3.05) is 18.8 Å². The number of carboxylic acid groups (broad SMARTS) is 1. The zero-order valence-electron chi connectivity index (χ0n) is 12.3. The van der Waals surface area contributed by atoms with E-state index in [9.17, 15) is 18.3 Å². The summed E-state index contributed by atoms with van der Waals surface area (Å²) in [6.07, 6.45) is 1.43. The smallest absolute Gasteiger partial charge is 0.352 e. The third-order valence-corrected chi connectivity index (χ3v) is 6.41. The van der Waals surface area contributed by atoms with Crippen molar-refractivity contribution < 1.29 is 18.3 Å². The average molecular weight is 332 g/mol. The normalized spacial score (nSPS) is 20.9. The van der Waals surface area contributed by atoms with Crippen LogP contribution in [-0.4, -0.2) is 52.5 Å². The largest absolute Gasteiger partial charge is 0.477 e. The summed E-state index contributed by atoms with van der Waals surface area (Å²) in [5.41, 5.74) is 0.00279. The number of sulfonamides is 1. The lowest BCUT2D eigenvalue weighted by Gasteiger charge is -2.29. The van der Waals surface area contributed by atoms with Gasteiger partial charge in [0.1, 0.15) is 10.6 Å². The summed E-state index contributed by atoms with van der Waals surface area (Å²) in [5, 5.41) is 9.46. The number of hydrogen-bond donors (Lipinski definition) is 1. The molecule has 2 rings (SSSR count). The summed E-state index contributed by atoms with van der Waals surface area (Å²) in [7, 11) is -3.63. The van der Waals surface area contributed by atoms with E-state index in [1.165, 1.54) is 21.1 Å². The Kier molecular flexibility index (Phi) is 4.69. The van der Waals surface area contributed by atoms with E-state index < -0.39 is 16.0 Å². The SMILES string of the molecule is CC1CN(S(=O)(=O)c2cc(C(=O)O)n(C(C)C)c2)CCS1. The molecule has 1 unspecified atom stereocenters. The van der Waals surface area contributed by atoms with Crippen molar-refractivity contribution in [3.8, 4) is 0 Å². The van der Waals surface area contributed by atoms with Crippen molar-refractivity contribution in [1.29, 1.82) is 0 Å². The van der Waals surface area contributed by atoms with Crippen molar-refractivity contribution in [2.24, 2.45) is 0 Å². The van der Waals surface area contributed by atoms with E-state index in [4.69, 9.17) is 0 Å². The van der Waals surface area contributed by atoms with E-state index in [2.05, 4.69) is 0 Å². The van der Waals surface area contributed by atoms with Gasteiger partial charge < -0.3 is 9.67 Å². The van der Waals surface area contributed by atoms with Gasteiger partial charge in [-0.1, -0.05) is 6.92 Å². The summed E-state index contributed by atoms with van der Waals surface area (Å²) in [6, 6.07) is 1.14. The predicted octanol–water partition coefficient (Wildman–Crippen LogP) is 1.89. The minimum atomic E-state index is -3.63. The van der Waals surface area contributed by atoms with Crippen LogP contribution in [0.15, 0.2) is 17.2 Å². The highest BCUT2D eigenvalue weighted by atomic mass is 32.2. The van der Waals surface area contributed by atoms with Crippen LogP contribution in [0.2, 0.25) is 0 Å². The van der Waals surface area contributed by atoms with Crippen molar-refractivity contribution in [2.45, 2.75) is 37.0 Å². The molecular formula is C13H20N2O4S2. The summed E-state index contributed by atoms with van der Waals surface area (Å²) < 4.78 is 28.2. The first kappa shape index (κ1) is 16.4. The molecule has 0 amide bonds. The van der Waals surface area contributed by atoms with Crippen LogP contribution in [-0.2, 0) is 10.0 Å². The van der Waals surface area contributed by atoms with Gasteiger partial charge in [0.15, 0.2) is 0 Å². The van der Waals surface area contributed by atoms with Gasteiger partial charge in [-0.05, 0) is 19.9 Å². The van der Waals surface area contributed by atoms with Crippen LogP contribution < -0.4 is 0 Å². The number of aromatic carboxylic acids is 1. The Morgan fingerprint density at radius 2 is 2.14 bits per heavy atom. The molecule has 0 aromatic carbocycles. The summed E-state index contributed by atoms with van der Waals surface area (Å²) in [5.74, 6) is -0.357. The molecule has 0 bridgehead atoms. The second-order valence-electron chi connectivity index (χ2n) is 5.41. The molecule has 1 aromatic heterocycles. The lowest BCUT2D eigenvalue weighted by molar-refractivity contribution is 0.0683. The number of rotatable bonds is 4. The molecule has 0 radical (unpaired) electrons. The number of hydrogen-bond acceptors (Lipinski definition) is 4.